The van der Waals surface area contributed by atoms with E-state index in [4.69, 9.17) is 5.73 Å². The molecule has 1 aromatic rings. The Hall–Kier alpha value is -0.960. The van der Waals surface area contributed by atoms with Gasteiger partial charge in [-0.25, -0.2) is 9.89 Å². The minimum absolute atomic E-state index is 0.0345. The van der Waals surface area contributed by atoms with E-state index in [1.165, 1.54) is 7.05 Å². The molecule has 0 radical (unpaired) electrons. The first-order valence-electron chi connectivity index (χ1n) is 3.91. The van der Waals surface area contributed by atoms with Crippen LogP contribution in [0.25, 0.3) is 0 Å². The first kappa shape index (κ1) is 12.1. The number of hydrogen-bond donors (Lipinski definition) is 2. The number of aromatic amines is 1. The Morgan fingerprint density at radius 2 is 2.27 bits per heavy atom. The van der Waals surface area contributed by atoms with E-state index in [1.54, 1.807) is 0 Å². The Balaban J connectivity index is 2.85. The highest BCUT2D eigenvalue weighted by molar-refractivity contribution is 7.99. The molecule has 0 amide bonds. The molecule has 15 heavy (non-hydrogen) atoms. The molecule has 0 saturated carbocycles. The number of alkyl halides is 3. The molecule has 0 aromatic carbocycles. The number of aromatic nitrogens is 3. The Kier molecular flexibility index (Phi) is 3.45. The molecule has 5 nitrogen and oxygen atoms in total. The smallest absolute Gasteiger partial charge is 0.329 e. The molecule has 86 valence electrons. The van der Waals surface area contributed by atoms with Crippen molar-refractivity contribution in [3.63, 3.8) is 0 Å². The summed E-state index contributed by atoms with van der Waals surface area (Å²) in [4.78, 5) is 10.9. The van der Waals surface area contributed by atoms with Crippen molar-refractivity contribution in [1.82, 2.24) is 14.8 Å². The van der Waals surface area contributed by atoms with Crippen molar-refractivity contribution >= 4 is 11.8 Å². The lowest BCUT2D eigenvalue weighted by Crippen LogP contribution is -2.33. The van der Waals surface area contributed by atoms with Crippen LogP contribution in [-0.4, -0.2) is 32.7 Å². The molecule has 0 saturated heterocycles. The van der Waals surface area contributed by atoms with Gasteiger partial charge < -0.3 is 5.73 Å². The normalized spacial score (nSPS) is 14.2. The molecule has 1 heterocycles. The largest absolute Gasteiger partial charge is 0.402 e. The lowest BCUT2D eigenvalue weighted by atomic mass is 10.4. The summed E-state index contributed by atoms with van der Waals surface area (Å²) < 4.78 is 38.0. The van der Waals surface area contributed by atoms with Crippen molar-refractivity contribution < 1.29 is 13.2 Å². The zero-order chi connectivity index (χ0) is 11.6. The van der Waals surface area contributed by atoms with E-state index >= 15 is 0 Å². The highest BCUT2D eigenvalue weighted by Gasteiger charge is 2.40. The summed E-state index contributed by atoms with van der Waals surface area (Å²) in [7, 11) is 1.33. The molecule has 0 bridgehead atoms. The summed E-state index contributed by atoms with van der Waals surface area (Å²) in [6, 6.07) is 0. The molecule has 0 spiro atoms. The van der Waals surface area contributed by atoms with Gasteiger partial charge in [-0.2, -0.15) is 13.2 Å². The van der Waals surface area contributed by atoms with Crippen molar-refractivity contribution in [3.8, 4) is 0 Å². The Morgan fingerprint density at radius 3 is 2.60 bits per heavy atom. The van der Waals surface area contributed by atoms with Gasteiger partial charge in [0.15, 0.2) is 5.16 Å². The monoisotopic (exact) mass is 242 g/mol. The van der Waals surface area contributed by atoms with E-state index in [0.29, 0.717) is 11.8 Å². The summed E-state index contributed by atoms with van der Waals surface area (Å²) in [5.74, 6) is 0. The van der Waals surface area contributed by atoms with Gasteiger partial charge in [-0.3, -0.25) is 4.57 Å². The van der Waals surface area contributed by atoms with Gasteiger partial charge in [-0.1, -0.05) is 11.8 Å². The minimum atomic E-state index is -4.41. The molecule has 0 fully saturated rings. The fourth-order valence-corrected chi connectivity index (χ4v) is 1.64. The van der Waals surface area contributed by atoms with Crippen LogP contribution in [0.5, 0.6) is 0 Å². The molecule has 1 rings (SSSR count). The highest BCUT2D eigenvalue weighted by Crippen LogP contribution is 2.32. The molecule has 0 aliphatic rings. The second-order valence-electron chi connectivity index (χ2n) is 2.75. The van der Waals surface area contributed by atoms with Gasteiger partial charge in [-0.05, 0) is 0 Å². The number of nitrogens with zero attached hydrogens (tertiary/aromatic N) is 2. The van der Waals surface area contributed by atoms with Crippen LogP contribution in [0.2, 0.25) is 0 Å². The van der Waals surface area contributed by atoms with E-state index in [0.717, 1.165) is 4.57 Å². The molecular weight excluding hydrogens is 233 g/mol. The molecule has 9 heteroatoms. The van der Waals surface area contributed by atoms with E-state index < -0.39 is 23.7 Å². The van der Waals surface area contributed by atoms with Crippen molar-refractivity contribution in [2.45, 2.75) is 16.6 Å². The first-order valence-corrected chi connectivity index (χ1v) is 4.79. The zero-order valence-corrected chi connectivity index (χ0v) is 8.52. The van der Waals surface area contributed by atoms with Crippen molar-refractivity contribution in [2.24, 2.45) is 12.8 Å². The van der Waals surface area contributed by atoms with Gasteiger partial charge >= 0.3 is 11.9 Å². The number of H-pyrrole nitrogens is 1. The SMILES string of the molecule is Cn1c(SC(CN)C(F)(F)F)n[nH]c1=O. The third-order valence-corrected chi connectivity index (χ3v) is 2.99. The molecule has 1 unspecified atom stereocenters. The third-order valence-electron chi connectivity index (χ3n) is 1.67. The first-order chi connectivity index (χ1) is 6.86. The van der Waals surface area contributed by atoms with Crippen molar-refractivity contribution in [2.75, 3.05) is 6.54 Å². The van der Waals surface area contributed by atoms with Gasteiger partial charge in [0.1, 0.15) is 5.25 Å². The van der Waals surface area contributed by atoms with Crippen LogP contribution in [0.4, 0.5) is 13.2 Å². The fourth-order valence-electron chi connectivity index (χ4n) is 0.814. The summed E-state index contributed by atoms with van der Waals surface area (Å²) in [5, 5.41) is 3.70. The Morgan fingerprint density at radius 1 is 1.67 bits per heavy atom. The lowest BCUT2D eigenvalue weighted by molar-refractivity contribution is -0.126. The number of halogens is 3. The quantitative estimate of drug-likeness (QED) is 0.736. The molecule has 3 N–H and O–H groups in total. The average Bonchev–Trinajstić information content (AvgIpc) is 2.43. The minimum Gasteiger partial charge on any atom is -0.329 e. The van der Waals surface area contributed by atoms with Crippen LogP contribution in [0.3, 0.4) is 0 Å². The molecule has 0 aliphatic heterocycles. The van der Waals surface area contributed by atoms with Crippen LogP contribution < -0.4 is 11.4 Å². The number of nitrogens with two attached hydrogens (primary N) is 1. The summed E-state index contributed by atoms with van der Waals surface area (Å²) in [6.45, 7) is -0.560. The Bertz CT molecular complexity index is 384. The van der Waals surface area contributed by atoms with Crippen LogP contribution in [0.15, 0.2) is 9.95 Å². The van der Waals surface area contributed by atoms with Gasteiger partial charge in [0.2, 0.25) is 0 Å². The molecule has 1 aromatic heterocycles. The predicted octanol–water partition coefficient (Wildman–Crippen LogP) is 0.0901. The van der Waals surface area contributed by atoms with Gasteiger partial charge in [0, 0.05) is 13.6 Å². The van der Waals surface area contributed by atoms with Crippen LogP contribution in [-0.2, 0) is 7.05 Å². The average molecular weight is 242 g/mol. The second-order valence-corrected chi connectivity index (χ2v) is 3.92. The van der Waals surface area contributed by atoms with Gasteiger partial charge in [0.05, 0.1) is 0 Å². The molecule has 0 aliphatic carbocycles. The summed E-state index contributed by atoms with van der Waals surface area (Å²) in [5.41, 5.74) is 4.44. The standard InChI is InChI=1S/C6H9F3N4OS/c1-13-4(14)11-12-5(13)15-3(2-10)6(7,8)9/h3H,2,10H2,1H3,(H,11,14). The summed E-state index contributed by atoms with van der Waals surface area (Å²) >= 11 is 0.414. The maximum Gasteiger partial charge on any atom is 0.402 e. The van der Waals surface area contributed by atoms with Crippen molar-refractivity contribution in [3.05, 3.63) is 10.5 Å². The number of rotatable bonds is 3. The van der Waals surface area contributed by atoms with E-state index in [-0.39, 0.29) is 5.16 Å². The van der Waals surface area contributed by atoms with E-state index in [1.807, 2.05) is 5.10 Å². The van der Waals surface area contributed by atoms with Crippen molar-refractivity contribution in [1.29, 1.82) is 0 Å². The number of hydrogen-bond acceptors (Lipinski definition) is 4. The van der Waals surface area contributed by atoms with Gasteiger partial charge in [-0.15, -0.1) is 5.10 Å². The maximum absolute atomic E-state index is 12.3. The zero-order valence-electron chi connectivity index (χ0n) is 7.71. The third kappa shape index (κ3) is 2.75. The summed E-state index contributed by atoms with van der Waals surface area (Å²) in [6.07, 6.45) is -4.41. The molecular formula is C6H9F3N4OS. The van der Waals surface area contributed by atoms with E-state index in [2.05, 4.69) is 5.10 Å². The van der Waals surface area contributed by atoms with Crippen LogP contribution >= 0.6 is 11.8 Å². The number of nitrogens with one attached hydrogen (secondary N) is 1. The highest BCUT2D eigenvalue weighted by atomic mass is 32.2. The molecule has 1 atom stereocenters. The lowest BCUT2D eigenvalue weighted by Gasteiger charge is -2.16. The van der Waals surface area contributed by atoms with Gasteiger partial charge in [0.25, 0.3) is 0 Å². The second kappa shape index (κ2) is 4.27. The number of thioether (sulfide) groups is 1. The van der Waals surface area contributed by atoms with Crippen LogP contribution in [0, 0.1) is 0 Å². The predicted molar refractivity (Wildman–Crippen MR) is 48.6 cm³/mol. The Labute approximate surface area is 86.8 Å². The topological polar surface area (TPSA) is 76.7 Å². The maximum atomic E-state index is 12.3. The fraction of sp³-hybridized carbons (Fsp3) is 0.667. The van der Waals surface area contributed by atoms with E-state index in [9.17, 15) is 18.0 Å². The van der Waals surface area contributed by atoms with Crippen LogP contribution in [0.1, 0.15) is 0 Å².